The van der Waals surface area contributed by atoms with Crippen LogP contribution in [0.1, 0.15) is 23.0 Å². The van der Waals surface area contributed by atoms with Crippen LogP contribution >= 0.6 is 11.3 Å². The molecule has 4 heterocycles. The zero-order chi connectivity index (χ0) is 18.8. The van der Waals surface area contributed by atoms with Gasteiger partial charge in [-0.2, -0.15) is 0 Å². The molecule has 4 aromatic rings. The molecule has 0 saturated carbocycles. The number of carbonyl (C=O) groups excluding carboxylic acids is 1. The summed E-state index contributed by atoms with van der Waals surface area (Å²) in [5.74, 6) is 0.00854. The molecule has 0 bridgehead atoms. The number of ether oxygens (including phenoxy) is 1. The van der Waals surface area contributed by atoms with E-state index >= 15 is 0 Å². The molecule has 1 N–H and O–H groups in total. The Bertz CT molecular complexity index is 1120. The number of anilines is 1. The van der Waals surface area contributed by atoms with E-state index in [2.05, 4.69) is 20.3 Å². The molecule has 0 fully saturated rings. The number of nitrogens with zero attached hydrogens (tertiary/aromatic N) is 4. The van der Waals surface area contributed by atoms with E-state index in [1.165, 1.54) is 11.3 Å². The van der Waals surface area contributed by atoms with E-state index in [0.717, 1.165) is 22.7 Å². The van der Waals surface area contributed by atoms with Gasteiger partial charge in [-0.3, -0.25) is 14.5 Å². The van der Waals surface area contributed by atoms with Crippen molar-refractivity contribution in [3.05, 3.63) is 59.4 Å². The number of rotatable bonds is 5. The molecule has 136 valence electrons. The number of nitrogens with one attached hydrogen (secondary N) is 1. The topological polar surface area (TPSA) is 81.4 Å². The van der Waals surface area contributed by atoms with Gasteiger partial charge in [0.05, 0.1) is 18.0 Å². The zero-order valence-corrected chi connectivity index (χ0v) is 15.7. The van der Waals surface area contributed by atoms with Crippen LogP contribution in [0.5, 0.6) is 5.88 Å². The number of hydrogen-bond donors (Lipinski definition) is 1. The highest BCUT2D eigenvalue weighted by Gasteiger charge is 2.17. The van der Waals surface area contributed by atoms with Gasteiger partial charge < -0.3 is 4.74 Å². The van der Waals surface area contributed by atoms with Gasteiger partial charge in [0.15, 0.2) is 5.13 Å². The van der Waals surface area contributed by atoms with Crippen molar-refractivity contribution >= 4 is 28.0 Å². The molecule has 0 radical (unpaired) electrons. The van der Waals surface area contributed by atoms with Gasteiger partial charge in [-0.05, 0) is 38.1 Å². The Morgan fingerprint density at radius 3 is 3.00 bits per heavy atom. The number of amides is 1. The highest BCUT2D eigenvalue weighted by atomic mass is 32.1. The number of hydrogen-bond acceptors (Lipinski definition) is 6. The van der Waals surface area contributed by atoms with Gasteiger partial charge in [0.25, 0.3) is 5.91 Å². The zero-order valence-electron chi connectivity index (χ0n) is 14.8. The first-order valence-electron chi connectivity index (χ1n) is 8.46. The normalized spacial score (nSPS) is 10.9. The predicted octanol–water partition coefficient (Wildman–Crippen LogP) is 3.81. The third-order valence-corrected chi connectivity index (χ3v) is 4.73. The summed E-state index contributed by atoms with van der Waals surface area (Å²) in [6.45, 7) is 4.23. The summed E-state index contributed by atoms with van der Waals surface area (Å²) < 4.78 is 7.41. The molecular formula is C19H17N5O2S. The molecule has 7 nitrogen and oxygen atoms in total. The van der Waals surface area contributed by atoms with E-state index in [1.54, 1.807) is 18.3 Å². The van der Waals surface area contributed by atoms with Crippen LogP contribution < -0.4 is 10.1 Å². The van der Waals surface area contributed by atoms with Crippen molar-refractivity contribution in [2.75, 3.05) is 11.9 Å². The van der Waals surface area contributed by atoms with Crippen molar-refractivity contribution in [1.29, 1.82) is 0 Å². The summed E-state index contributed by atoms with van der Waals surface area (Å²) in [4.78, 5) is 25.8. The van der Waals surface area contributed by atoms with E-state index in [9.17, 15) is 4.79 Å². The second-order valence-corrected chi connectivity index (χ2v) is 6.61. The SMILES string of the molecule is CCOc1ncccc1C(=O)Nc1nc(-c2c(C)nc3ccccn23)cs1. The quantitative estimate of drug-likeness (QED) is 0.570. The summed E-state index contributed by atoms with van der Waals surface area (Å²) in [5.41, 5.74) is 3.80. The maximum Gasteiger partial charge on any atom is 0.262 e. The molecule has 0 unspecified atom stereocenters. The highest BCUT2D eigenvalue weighted by Crippen LogP contribution is 2.29. The number of aryl methyl sites for hydroxylation is 1. The third-order valence-electron chi connectivity index (χ3n) is 3.97. The Morgan fingerprint density at radius 1 is 1.26 bits per heavy atom. The fraction of sp³-hybridized carbons (Fsp3) is 0.158. The summed E-state index contributed by atoms with van der Waals surface area (Å²) in [6, 6.07) is 9.22. The largest absolute Gasteiger partial charge is 0.477 e. The summed E-state index contributed by atoms with van der Waals surface area (Å²) in [5, 5.41) is 5.24. The van der Waals surface area contributed by atoms with Gasteiger partial charge in [0, 0.05) is 17.8 Å². The molecule has 1 amide bonds. The lowest BCUT2D eigenvalue weighted by Gasteiger charge is -2.07. The van der Waals surface area contributed by atoms with Crippen LogP contribution in [0.3, 0.4) is 0 Å². The van der Waals surface area contributed by atoms with Crippen molar-refractivity contribution in [2.45, 2.75) is 13.8 Å². The first-order chi connectivity index (χ1) is 13.2. The van der Waals surface area contributed by atoms with Crippen molar-refractivity contribution in [2.24, 2.45) is 0 Å². The van der Waals surface area contributed by atoms with Crippen LogP contribution in [0.4, 0.5) is 5.13 Å². The Balaban J connectivity index is 1.62. The number of fused-ring (bicyclic) bond motifs is 1. The lowest BCUT2D eigenvalue weighted by atomic mass is 10.2. The second kappa shape index (κ2) is 7.16. The number of thiazole rings is 1. The van der Waals surface area contributed by atoms with Gasteiger partial charge in [-0.25, -0.2) is 15.0 Å². The summed E-state index contributed by atoms with van der Waals surface area (Å²) in [7, 11) is 0. The van der Waals surface area contributed by atoms with Gasteiger partial charge in [0.2, 0.25) is 5.88 Å². The van der Waals surface area contributed by atoms with E-state index in [1.807, 2.05) is 48.0 Å². The molecule has 0 aliphatic heterocycles. The molecule has 27 heavy (non-hydrogen) atoms. The van der Waals surface area contributed by atoms with Crippen LogP contribution in [0, 0.1) is 6.92 Å². The van der Waals surface area contributed by atoms with Crippen molar-refractivity contribution < 1.29 is 9.53 Å². The minimum absolute atomic E-state index is 0.303. The van der Waals surface area contributed by atoms with Crippen molar-refractivity contribution in [3.63, 3.8) is 0 Å². The average molecular weight is 379 g/mol. The Kier molecular flexibility index (Phi) is 4.55. The Labute approximate surface area is 159 Å². The van der Waals surface area contributed by atoms with Crippen LogP contribution in [-0.2, 0) is 0 Å². The minimum atomic E-state index is -0.303. The summed E-state index contributed by atoms with van der Waals surface area (Å²) >= 11 is 1.36. The van der Waals surface area contributed by atoms with E-state index in [0.29, 0.717) is 23.2 Å². The average Bonchev–Trinajstić information content (AvgIpc) is 3.25. The number of aromatic nitrogens is 4. The van der Waals surface area contributed by atoms with Gasteiger partial charge >= 0.3 is 0 Å². The lowest BCUT2D eigenvalue weighted by molar-refractivity contribution is 0.102. The van der Waals surface area contributed by atoms with Gasteiger partial charge in [-0.1, -0.05) is 6.07 Å². The maximum absolute atomic E-state index is 12.6. The Hall–Kier alpha value is -3.26. The molecule has 4 aromatic heterocycles. The van der Waals surface area contributed by atoms with Gasteiger partial charge in [0.1, 0.15) is 16.9 Å². The molecule has 8 heteroatoms. The monoisotopic (exact) mass is 379 g/mol. The highest BCUT2D eigenvalue weighted by molar-refractivity contribution is 7.14. The van der Waals surface area contributed by atoms with Crippen LogP contribution in [-0.4, -0.2) is 31.9 Å². The second-order valence-electron chi connectivity index (χ2n) is 5.76. The number of carbonyl (C=O) groups is 1. The van der Waals surface area contributed by atoms with E-state index < -0.39 is 0 Å². The summed E-state index contributed by atoms with van der Waals surface area (Å²) in [6.07, 6.45) is 3.54. The number of imidazole rings is 1. The van der Waals surface area contributed by atoms with E-state index in [4.69, 9.17) is 4.74 Å². The first-order valence-corrected chi connectivity index (χ1v) is 9.34. The molecule has 0 aromatic carbocycles. The number of pyridine rings is 2. The Morgan fingerprint density at radius 2 is 2.15 bits per heavy atom. The van der Waals surface area contributed by atoms with Gasteiger partial charge in [-0.15, -0.1) is 11.3 Å². The molecule has 0 aliphatic rings. The fourth-order valence-electron chi connectivity index (χ4n) is 2.84. The molecule has 0 atom stereocenters. The standard InChI is InChI=1S/C19H17N5O2S/c1-3-26-18-13(7-6-9-20-18)17(25)23-19-22-14(11-27-19)16-12(2)21-15-8-4-5-10-24(15)16/h4-11H,3H2,1-2H3,(H,22,23,25). The van der Waals surface area contributed by atoms with Crippen LogP contribution in [0.15, 0.2) is 48.1 Å². The first kappa shape index (κ1) is 17.2. The van der Waals surface area contributed by atoms with E-state index in [-0.39, 0.29) is 5.91 Å². The van der Waals surface area contributed by atoms with Crippen molar-refractivity contribution in [3.8, 4) is 17.3 Å². The smallest absolute Gasteiger partial charge is 0.262 e. The fourth-order valence-corrected chi connectivity index (χ4v) is 3.53. The van der Waals surface area contributed by atoms with Crippen molar-refractivity contribution in [1.82, 2.24) is 19.4 Å². The molecular weight excluding hydrogens is 362 g/mol. The predicted molar refractivity (Wildman–Crippen MR) is 104 cm³/mol. The van der Waals surface area contributed by atoms with Crippen LogP contribution in [0.2, 0.25) is 0 Å². The lowest BCUT2D eigenvalue weighted by Crippen LogP contribution is -2.14. The molecule has 4 rings (SSSR count). The minimum Gasteiger partial charge on any atom is -0.477 e. The van der Waals surface area contributed by atoms with Crippen LogP contribution in [0.25, 0.3) is 17.0 Å². The maximum atomic E-state index is 12.6. The molecule has 0 spiro atoms. The third kappa shape index (κ3) is 3.26. The molecule has 0 aliphatic carbocycles. The molecule has 0 saturated heterocycles.